The quantitative estimate of drug-likeness (QED) is 0.603. The van der Waals surface area contributed by atoms with Crippen LogP contribution >= 0.6 is 22.7 Å². The number of guanidine groups is 1. The summed E-state index contributed by atoms with van der Waals surface area (Å²) in [6, 6.07) is 2.17. The van der Waals surface area contributed by atoms with Crippen LogP contribution in [0.1, 0.15) is 28.1 Å². The Bertz CT molecular complexity index is 568. The predicted octanol–water partition coefficient (Wildman–Crippen LogP) is 3.16. The molecule has 0 amide bonds. The fourth-order valence-electron chi connectivity index (χ4n) is 2.01. The molecule has 2 N–H and O–H groups in total. The van der Waals surface area contributed by atoms with Crippen molar-refractivity contribution < 1.29 is 0 Å². The van der Waals surface area contributed by atoms with Crippen LogP contribution in [0.15, 0.2) is 21.8 Å². The van der Waals surface area contributed by atoms with E-state index in [0.717, 1.165) is 44.1 Å². The summed E-state index contributed by atoms with van der Waals surface area (Å²) in [6.07, 6.45) is 1.93. The van der Waals surface area contributed by atoms with E-state index in [9.17, 15) is 0 Å². The average Bonchev–Trinajstić information content (AvgIpc) is 3.10. The molecule has 120 valence electrons. The van der Waals surface area contributed by atoms with Gasteiger partial charge in [-0.3, -0.25) is 4.99 Å². The molecule has 0 aliphatic rings. The van der Waals surface area contributed by atoms with Crippen molar-refractivity contribution in [1.29, 1.82) is 0 Å². The largest absolute Gasteiger partial charge is 0.357 e. The van der Waals surface area contributed by atoms with Gasteiger partial charge >= 0.3 is 0 Å². The Kier molecular flexibility index (Phi) is 6.86. The van der Waals surface area contributed by atoms with Gasteiger partial charge in [-0.1, -0.05) is 0 Å². The Balaban J connectivity index is 1.78. The summed E-state index contributed by atoms with van der Waals surface area (Å²) >= 11 is 3.52. The Hall–Kier alpha value is -1.40. The van der Waals surface area contributed by atoms with E-state index >= 15 is 0 Å². The molecule has 2 aromatic heterocycles. The van der Waals surface area contributed by atoms with E-state index in [0.29, 0.717) is 0 Å². The second-order valence-electron chi connectivity index (χ2n) is 5.07. The van der Waals surface area contributed by atoms with E-state index in [-0.39, 0.29) is 0 Å². The third kappa shape index (κ3) is 5.42. The maximum atomic E-state index is 4.63. The first-order valence-corrected chi connectivity index (χ1v) is 9.41. The summed E-state index contributed by atoms with van der Waals surface area (Å²) in [5, 5.41) is 12.2. The molecular formula is C16H24N4S2. The van der Waals surface area contributed by atoms with Crippen LogP contribution < -0.4 is 10.6 Å². The maximum Gasteiger partial charge on any atom is 0.191 e. The van der Waals surface area contributed by atoms with Gasteiger partial charge in [-0.15, -0.1) is 11.3 Å². The highest BCUT2D eigenvalue weighted by atomic mass is 32.1. The van der Waals surface area contributed by atoms with Gasteiger partial charge < -0.3 is 10.6 Å². The van der Waals surface area contributed by atoms with Gasteiger partial charge in [0.25, 0.3) is 0 Å². The van der Waals surface area contributed by atoms with E-state index in [1.54, 1.807) is 22.7 Å². The van der Waals surface area contributed by atoms with E-state index in [2.05, 4.69) is 58.2 Å². The number of hydrogen-bond acceptors (Lipinski definition) is 4. The summed E-state index contributed by atoms with van der Waals surface area (Å²) in [7, 11) is 0. The number of aryl methyl sites for hydroxylation is 2. The number of aromatic nitrogens is 1. The van der Waals surface area contributed by atoms with Crippen molar-refractivity contribution in [2.24, 2.45) is 4.99 Å². The van der Waals surface area contributed by atoms with Crippen molar-refractivity contribution in [2.45, 2.75) is 33.6 Å². The van der Waals surface area contributed by atoms with Crippen LogP contribution in [0.5, 0.6) is 0 Å². The molecule has 0 unspecified atom stereocenters. The molecular weight excluding hydrogens is 312 g/mol. The zero-order valence-electron chi connectivity index (χ0n) is 13.5. The predicted molar refractivity (Wildman–Crippen MR) is 97.3 cm³/mol. The Labute approximate surface area is 140 Å². The summed E-state index contributed by atoms with van der Waals surface area (Å²) in [4.78, 5) is 10.5. The molecule has 0 saturated carbocycles. The molecule has 4 nitrogen and oxygen atoms in total. The van der Waals surface area contributed by atoms with Crippen molar-refractivity contribution in [1.82, 2.24) is 15.6 Å². The van der Waals surface area contributed by atoms with Gasteiger partial charge in [-0.2, -0.15) is 11.3 Å². The molecule has 6 heteroatoms. The monoisotopic (exact) mass is 336 g/mol. The zero-order chi connectivity index (χ0) is 15.8. The van der Waals surface area contributed by atoms with Gasteiger partial charge in [0.05, 0.1) is 10.7 Å². The highest BCUT2D eigenvalue weighted by molar-refractivity contribution is 7.11. The van der Waals surface area contributed by atoms with Gasteiger partial charge in [0.15, 0.2) is 5.96 Å². The minimum Gasteiger partial charge on any atom is -0.357 e. The molecule has 2 heterocycles. The molecule has 22 heavy (non-hydrogen) atoms. The van der Waals surface area contributed by atoms with Crippen molar-refractivity contribution in [3.63, 3.8) is 0 Å². The Morgan fingerprint density at radius 2 is 2.14 bits per heavy atom. The van der Waals surface area contributed by atoms with E-state index in [1.165, 1.54) is 15.4 Å². The lowest BCUT2D eigenvalue weighted by Gasteiger charge is -2.10. The first-order chi connectivity index (χ1) is 10.7. The first kappa shape index (κ1) is 17.0. The Morgan fingerprint density at radius 3 is 2.77 bits per heavy atom. The van der Waals surface area contributed by atoms with Crippen LogP contribution in [0, 0.1) is 13.8 Å². The maximum absolute atomic E-state index is 4.63. The summed E-state index contributed by atoms with van der Waals surface area (Å²) in [5.41, 5.74) is 2.52. The molecule has 0 aliphatic carbocycles. The lowest BCUT2D eigenvalue weighted by atomic mass is 10.2. The smallest absolute Gasteiger partial charge is 0.191 e. The number of rotatable bonds is 7. The van der Waals surface area contributed by atoms with E-state index < -0.39 is 0 Å². The van der Waals surface area contributed by atoms with Crippen LogP contribution in [0.4, 0.5) is 0 Å². The van der Waals surface area contributed by atoms with Gasteiger partial charge in [0.1, 0.15) is 0 Å². The molecule has 0 spiro atoms. The van der Waals surface area contributed by atoms with Crippen LogP contribution in [0.3, 0.4) is 0 Å². The number of nitrogens with zero attached hydrogens (tertiary/aromatic N) is 2. The molecule has 0 aromatic carbocycles. The van der Waals surface area contributed by atoms with Gasteiger partial charge in [0, 0.05) is 30.9 Å². The lowest BCUT2D eigenvalue weighted by molar-refractivity contribution is 0.797. The molecule has 0 radical (unpaired) electrons. The van der Waals surface area contributed by atoms with Crippen molar-refractivity contribution in [3.05, 3.63) is 38.0 Å². The second kappa shape index (κ2) is 8.90. The molecule has 0 bridgehead atoms. The van der Waals surface area contributed by atoms with E-state index in [1.807, 2.05) is 0 Å². The Morgan fingerprint density at radius 1 is 1.27 bits per heavy atom. The molecule has 0 atom stereocenters. The van der Waals surface area contributed by atoms with E-state index in [4.69, 9.17) is 0 Å². The third-order valence-corrected chi connectivity index (χ3v) is 5.16. The molecule has 0 saturated heterocycles. The minimum absolute atomic E-state index is 0.764. The van der Waals surface area contributed by atoms with Crippen LogP contribution in [-0.4, -0.2) is 30.6 Å². The second-order valence-corrected chi connectivity index (χ2v) is 7.14. The number of hydrogen-bond donors (Lipinski definition) is 2. The minimum atomic E-state index is 0.764. The fraction of sp³-hybridized carbons (Fsp3) is 0.500. The van der Waals surface area contributed by atoms with Crippen molar-refractivity contribution in [3.8, 4) is 0 Å². The molecule has 2 rings (SSSR count). The summed E-state index contributed by atoms with van der Waals surface area (Å²) < 4.78 is 0. The van der Waals surface area contributed by atoms with Gasteiger partial charge in [0.2, 0.25) is 0 Å². The third-order valence-electron chi connectivity index (χ3n) is 3.30. The lowest BCUT2D eigenvalue weighted by Crippen LogP contribution is -2.38. The molecule has 0 aliphatic heterocycles. The summed E-state index contributed by atoms with van der Waals surface area (Å²) in [5.74, 6) is 0.891. The molecule has 0 fully saturated rings. The van der Waals surface area contributed by atoms with Crippen molar-refractivity contribution >= 4 is 28.6 Å². The van der Waals surface area contributed by atoms with Crippen LogP contribution in [0.2, 0.25) is 0 Å². The van der Waals surface area contributed by atoms with Crippen molar-refractivity contribution in [2.75, 3.05) is 19.6 Å². The average molecular weight is 337 g/mol. The van der Waals surface area contributed by atoms with Crippen LogP contribution in [-0.2, 0) is 12.8 Å². The zero-order valence-corrected chi connectivity index (χ0v) is 15.1. The number of nitrogens with one attached hydrogen (secondary N) is 2. The van der Waals surface area contributed by atoms with Crippen LogP contribution in [0.25, 0.3) is 0 Å². The van der Waals surface area contributed by atoms with Gasteiger partial charge in [-0.25, -0.2) is 4.98 Å². The standard InChI is InChI=1S/C16H24N4S2/c1-4-17-16(18-8-5-14-7-10-21-11-14)19-9-6-15-20-12(2)13(3)22-15/h7,10-11H,4-6,8-9H2,1-3H3,(H2,17,18,19). The molecule has 2 aromatic rings. The highest BCUT2D eigenvalue weighted by Crippen LogP contribution is 2.16. The SMILES string of the molecule is CCNC(=NCCc1nc(C)c(C)s1)NCCc1ccsc1. The topological polar surface area (TPSA) is 49.3 Å². The number of thiazole rings is 1. The highest BCUT2D eigenvalue weighted by Gasteiger charge is 2.03. The number of aliphatic imine (C=N–C) groups is 1. The first-order valence-electron chi connectivity index (χ1n) is 7.65. The summed E-state index contributed by atoms with van der Waals surface area (Å²) in [6.45, 7) is 8.81. The number of thiophene rings is 1. The normalized spacial score (nSPS) is 11.7. The van der Waals surface area contributed by atoms with Gasteiger partial charge in [-0.05, 0) is 49.6 Å². The fourth-order valence-corrected chi connectivity index (χ4v) is 3.64.